The SMILES string of the molecule is CC(O)CCN(C)CC(=O)Nc1c(Cl)cccc1Cl. The Morgan fingerprint density at radius 1 is 1.42 bits per heavy atom. The third kappa shape index (κ3) is 5.78. The number of anilines is 1. The van der Waals surface area contributed by atoms with Crippen LogP contribution in [-0.2, 0) is 4.79 Å². The fourth-order valence-electron chi connectivity index (χ4n) is 1.53. The van der Waals surface area contributed by atoms with Gasteiger partial charge in [-0.1, -0.05) is 29.3 Å². The zero-order valence-electron chi connectivity index (χ0n) is 11.0. The Morgan fingerprint density at radius 2 is 2.00 bits per heavy atom. The average Bonchev–Trinajstić information content (AvgIpc) is 2.31. The summed E-state index contributed by atoms with van der Waals surface area (Å²) in [6.07, 6.45) is 0.250. The highest BCUT2D eigenvalue weighted by atomic mass is 35.5. The Balaban J connectivity index is 2.51. The van der Waals surface area contributed by atoms with Crippen LogP contribution in [0.25, 0.3) is 0 Å². The van der Waals surface area contributed by atoms with E-state index in [2.05, 4.69) is 5.32 Å². The molecule has 1 amide bonds. The molecule has 0 aromatic heterocycles. The first-order valence-electron chi connectivity index (χ1n) is 6.00. The lowest BCUT2D eigenvalue weighted by Gasteiger charge is -2.17. The molecule has 0 aliphatic rings. The van der Waals surface area contributed by atoms with E-state index in [-0.39, 0.29) is 18.6 Å². The maximum atomic E-state index is 11.8. The molecule has 6 heteroatoms. The minimum absolute atomic E-state index is 0.192. The number of halogens is 2. The van der Waals surface area contributed by atoms with E-state index in [0.717, 1.165) is 0 Å². The molecule has 1 rings (SSSR count). The maximum Gasteiger partial charge on any atom is 0.238 e. The second-order valence-electron chi connectivity index (χ2n) is 4.52. The van der Waals surface area contributed by atoms with Crippen LogP contribution in [0.2, 0.25) is 10.0 Å². The smallest absolute Gasteiger partial charge is 0.238 e. The number of benzene rings is 1. The number of nitrogens with one attached hydrogen (secondary N) is 1. The molecule has 2 N–H and O–H groups in total. The number of hydrogen-bond donors (Lipinski definition) is 2. The van der Waals surface area contributed by atoms with E-state index < -0.39 is 0 Å². The topological polar surface area (TPSA) is 52.6 Å². The van der Waals surface area contributed by atoms with Gasteiger partial charge in [-0.3, -0.25) is 9.69 Å². The van der Waals surface area contributed by atoms with Crippen molar-refractivity contribution in [3.63, 3.8) is 0 Å². The number of para-hydroxylation sites is 1. The van der Waals surface area contributed by atoms with E-state index in [0.29, 0.717) is 28.7 Å². The first-order valence-corrected chi connectivity index (χ1v) is 6.76. The second-order valence-corrected chi connectivity index (χ2v) is 5.33. The zero-order chi connectivity index (χ0) is 14.4. The highest BCUT2D eigenvalue weighted by Gasteiger charge is 2.11. The van der Waals surface area contributed by atoms with Crippen molar-refractivity contribution in [3.8, 4) is 0 Å². The molecule has 1 aromatic rings. The number of carbonyl (C=O) groups excluding carboxylic acids is 1. The van der Waals surface area contributed by atoms with Crippen molar-refractivity contribution in [1.82, 2.24) is 4.90 Å². The van der Waals surface area contributed by atoms with Gasteiger partial charge in [-0.2, -0.15) is 0 Å². The predicted octanol–water partition coefficient (Wildman–Crippen LogP) is 2.63. The Hall–Kier alpha value is -0.810. The third-order valence-corrected chi connectivity index (χ3v) is 3.20. The van der Waals surface area contributed by atoms with Crippen LogP contribution in [0.3, 0.4) is 0 Å². The molecule has 0 heterocycles. The van der Waals surface area contributed by atoms with Crippen LogP contribution in [-0.4, -0.2) is 42.2 Å². The summed E-state index contributed by atoms with van der Waals surface area (Å²) in [5, 5.41) is 12.7. The number of hydrogen-bond acceptors (Lipinski definition) is 3. The lowest BCUT2D eigenvalue weighted by atomic mass is 10.2. The van der Waals surface area contributed by atoms with Crippen LogP contribution in [0.1, 0.15) is 13.3 Å². The molecule has 0 fully saturated rings. The van der Waals surface area contributed by atoms with Gasteiger partial charge in [0.15, 0.2) is 0 Å². The molecule has 4 nitrogen and oxygen atoms in total. The maximum absolute atomic E-state index is 11.8. The van der Waals surface area contributed by atoms with Gasteiger partial charge in [0.05, 0.1) is 28.4 Å². The summed E-state index contributed by atoms with van der Waals surface area (Å²) in [7, 11) is 1.82. The minimum atomic E-state index is -0.372. The Morgan fingerprint density at radius 3 is 2.53 bits per heavy atom. The van der Waals surface area contributed by atoms with Crippen LogP contribution < -0.4 is 5.32 Å². The van der Waals surface area contributed by atoms with E-state index in [4.69, 9.17) is 23.2 Å². The fraction of sp³-hybridized carbons (Fsp3) is 0.462. The first-order chi connectivity index (χ1) is 8.90. The Bertz CT molecular complexity index is 418. The second kappa shape index (κ2) is 7.70. The van der Waals surface area contributed by atoms with Crippen LogP contribution in [0.15, 0.2) is 18.2 Å². The van der Waals surface area contributed by atoms with E-state index in [1.165, 1.54) is 0 Å². The number of carbonyl (C=O) groups is 1. The molecule has 0 radical (unpaired) electrons. The zero-order valence-corrected chi connectivity index (χ0v) is 12.5. The van der Waals surface area contributed by atoms with Gasteiger partial charge in [0.1, 0.15) is 0 Å². The first kappa shape index (κ1) is 16.2. The molecule has 0 saturated carbocycles. The molecule has 0 spiro atoms. The largest absolute Gasteiger partial charge is 0.393 e. The molecule has 0 aliphatic carbocycles. The van der Waals surface area contributed by atoms with E-state index in [1.54, 1.807) is 25.1 Å². The molecular weight excluding hydrogens is 287 g/mol. The Kier molecular flexibility index (Phi) is 6.58. The van der Waals surface area contributed by atoms with Crippen LogP contribution in [0, 0.1) is 0 Å². The van der Waals surface area contributed by atoms with Gasteiger partial charge >= 0.3 is 0 Å². The van der Waals surface area contributed by atoms with Gasteiger partial charge in [-0.05, 0) is 32.5 Å². The minimum Gasteiger partial charge on any atom is -0.393 e. The number of aliphatic hydroxyl groups excluding tert-OH is 1. The summed E-state index contributed by atoms with van der Waals surface area (Å²) in [6.45, 7) is 2.58. The molecule has 0 bridgehead atoms. The van der Waals surface area contributed by atoms with Crippen molar-refractivity contribution in [3.05, 3.63) is 28.2 Å². The lowest BCUT2D eigenvalue weighted by Crippen LogP contribution is -2.32. The number of likely N-dealkylation sites (N-methyl/N-ethyl adjacent to an activating group) is 1. The highest BCUT2D eigenvalue weighted by molar-refractivity contribution is 6.39. The highest BCUT2D eigenvalue weighted by Crippen LogP contribution is 2.29. The molecule has 1 unspecified atom stereocenters. The molecule has 1 aromatic carbocycles. The third-order valence-electron chi connectivity index (χ3n) is 2.57. The van der Waals surface area contributed by atoms with E-state index >= 15 is 0 Å². The standard InChI is InChI=1S/C13H18Cl2N2O2/c1-9(18)6-7-17(2)8-12(19)16-13-10(14)4-3-5-11(13)15/h3-5,9,18H,6-8H2,1-2H3,(H,16,19). The van der Waals surface area contributed by atoms with Gasteiger partial charge in [0.25, 0.3) is 0 Å². The van der Waals surface area contributed by atoms with Gasteiger partial charge in [0, 0.05) is 6.54 Å². The number of rotatable bonds is 6. The van der Waals surface area contributed by atoms with Crippen molar-refractivity contribution < 1.29 is 9.90 Å². The quantitative estimate of drug-likeness (QED) is 0.849. The summed E-state index contributed by atoms with van der Waals surface area (Å²) in [5.41, 5.74) is 0.430. The van der Waals surface area contributed by atoms with Crippen LogP contribution >= 0.6 is 23.2 Å². The van der Waals surface area contributed by atoms with Gasteiger partial charge in [-0.15, -0.1) is 0 Å². The number of aliphatic hydroxyl groups is 1. The van der Waals surface area contributed by atoms with E-state index in [1.807, 2.05) is 11.9 Å². The van der Waals surface area contributed by atoms with Crippen molar-refractivity contribution >= 4 is 34.8 Å². The predicted molar refractivity (Wildman–Crippen MR) is 78.9 cm³/mol. The molecule has 19 heavy (non-hydrogen) atoms. The van der Waals surface area contributed by atoms with Crippen LogP contribution in [0.4, 0.5) is 5.69 Å². The monoisotopic (exact) mass is 304 g/mol. The molecule has 0 saturated heterocycles. The van der Waals surface area contributed by atoms with Gasteiger partial charge in [-0.25, -0.2) is 0 Å². The van der Waals surface area contributed by atoms with Gasteiger partial charge in [0.2, 0.25) is 5.91 Å². The summed E-state index contributed by atoms with van der Waals surface area (Å²) < 4.78 is 0. The molecular formula is C13H18Cl2N2O2. The molecule has 1 atom stereocenters. The molecule has 0 aliphatic heterocycles. The Labute approximate surface area is 123 Å². The summed E-state index contributed by atoms with van der Waals surface area (Å²) in [6, 6.07) is 5.05. The number of amides is 1. The van der Waals surface area contributed by atoms with Crippen molar-refractivity contribution in [2.24, 2.45) is 0 Å². The summed E-state index contributed by atoms with van der Waals surface area (Å²) in [4.78, 5) is 13.7. The average molecular weight is 305 g/mol. The van der Waals surface area contributed by atoms with Gasteiger partial charge < -0.3 is 10.4 Å². The van der Waals surface area contributed by atoms with Crippen molar-refractivity contribution in [1.29, 1.82) is 0 Å². The van der Waals surface area contributed by atoms with Crippen molar-refractivity contribution in [2.75, 3.05) is 25.5 Å². The lowest BCUT2D eigenvalue weighted by molar-refractivity contribution is -0.117. The normalized spacial score (nSPS) is 12.5. The van der Waals surface area contributed by atoms with E-state index in [9.17, 15) is 9.90 Å². The van der Waals surface area contributed by atoms with Crippen molar-refractivity contribution in [2.45, 2.75) is 19.4 Å². The summed E-state index contributed by atoms with van der Waals surface area (Å²) in [5.74, 6) is -0.192. The summed E-state index contributed by atoms with van der Waals surface area (Å²) >= 11 is 11.9. The van der Waals surface area contributed by atoms with Crippen LogP contribution in [0.5, 0.6) is 0 Å². The number of nitrogens with zero attached hydrogens (tertiary/aromatic N) is 1. The fourth-order valence-corrected chi connectivity index (χ4v) is 2.02. The molecule has 106 valence electrons.